The van der Waals surface area contributed by atoms with E-state index in [1.165, 1.54) is 29.3 Å². The molecule has 0 bridgehead atoms. The average Bonchev–Trinajstić information content (AvgIpc) is 3.63. The number of likely N-dealkylation sites (tertiary alicyclic amines) is 2. The lowest BCUT2D eigenvalue weighted by atomic mass is 9.83. The van der Waals surface area contributed by atoms with E-state index in [0.717, 1.165) is 83.5 Å². The van der Waals surface area contributed by atoms with Crippen LogP contribution in [0.4, 0.5) is 4.39 Å². The Morgan fingerprint density at radius 1 is 1.00 bits per heavy atom. The second kappa shape index (κ2) is 13.9. The van der Waals surface area contributed by atoms with Crippen molar-refractivity contribution in [3.05, 3.63) is 88.5 Å². The summed E-state index contributed by atoms with van der Waals surface area (Å²) in [6.07, 6.45) is 8.30. The molecule has 1 aromatic heterocycles. The first kappa shape index (κ1) is 31.0. The zero-order valence-electron chi connectivity index (χ0n) is 26.5. The van der Waals surface area contributed by atoms with Crippen LogP contribution in [0.1, 0.15) is 91.8 Å². The van der Waals surface area contributed by atoms with Crippen LogP contribution in [0.3, 0.4) is 0 Å². The molecule has 3 heterocycles. The molecule has 2 aromatic carbocycles. The Labute approximate surface area is 262 Å². The summed E-state index contributed by atoms with van der Waals surface area (Å²) < 4.78 is 16.4. The van der Waals surface area contributed by atoms with E-state index >= 15 is 0 Å². The standard InChI is InChI=1S/C37H49FN4O2/c1-3-42-35(22-32(39-42)21-30-13-7-8-15-34(30)38)27-16-18-40(19-17-27)23-31-24-41(25-33(31)29-14-9-10-26(2)20-29)36(37(43)44)28-11-5-4-6-12-28/h7-10,13-15,20,22,27-28,31,33,36H,3-6,11-12,16-19,21,23-25H2,1-2H3,(H,43,44). The van der Waals surface area contributed by atoms with Crippen molar-refractivity contribution in [2.75, 3.05) is 32.7 Å². The quantitative estimate of drug-likeness (QED) is 0.275. The molecule has 3 unspecified atom stereocenters. The number of hydrogen-bond acceptors (Lipinski definition) is 4. The van der Waals surface area contributed by atoms with Gasteiger partial charge in [-0.1, -0.05) is 67.3 Å². The van der Waals surface area contributed by atoms with Gasteiger partial charge in [-0.25, -0.2) is 4.39 Å². The van der Waals surface area contributed by atoms with Gasteiger partial charge >= 0.3 is 5.97 Å². The predicted octanol–water partition coefficient (Wildman–Crippen LogP) is 6.87. The third-order valence-corrected chi connectivity index (χ3v) is 10.7. The van der Waals surface area contributed by atoms with Crippen LogP contribution in [0.25, 0.3) is 0 Å². The molecule has 6 rings (SSSR count). The minimum atomic E-state index is -0.636. The number of aryl methyl sites for hydroxylation is 2. The van der Waals surface area contributed by atoms with E-state index < -0.39 is 5.97 Å². The number of aromatic nitrogens is 2. The lowest BCUT2D eigenvalue weighted by molar-refractivity contribution is -0.145. The second-order valence-electron chi connectivity index (χ2n) is 13.6. The molecule has 2 saturated heterocycles. The highest BCUT2D eigenvalue weighted by Crippen LogP contribution is 2.39. The number of halogens is 1. The third-order valence-electron chi connectivity index (χ3n) is 10.7. The van der Waals surface area contributed by atoms with Gasteiger partial charge in [0.15, 0.2) is 0 Å². The van der Waals surface area contributed by atoms with Crippen LogP contribution < -0.4 is 0 Å². The summed E-state index contributed by atoms with van der Waals surface area (Å²) in [5, 5.41) is 15.2. The molecular weight excluding hydrogens is 551 g/mol. The molecule has 3 aliphatic rings. The van der Waals surface area contributed by atoms with Crippen LogP contribution in [0, 0.1) is 24.6 Å². The number of carbonyl (C=O) groups is 1. The molecule has 0 spiro atoms. The van der Waals surface area contributed by atoms with Gasteiger partial charge in [-0.05, 0) is 87.7 Å². The van der Waals surface area contributed by atoms with Crippen molar-refractivity contribution in [3.63, 3.8) is 0 Å². The Kier molecular flexibility index (Phi) is 9.82. The Hall–Kier alpha value is -3.03. The molecule has 0 radical (unpaired) electrons. The predicted molar refractivity (Wildman–Crippen MR) is 173 cm³/mol. The van der Waals surface area contributed by atoms with Crippen molar-refractivity contribution in [1.29, 1.82) is 0 Å². The molecule has 1 N–H and O–H groups in total. The number of hydrogen-bond donors (Lipinski definition) is 1. The zero-order valence-corrected chi connectivity index (χ0v) is 26.5. The van der Waals surface area contributed by atoms with E-state index in [9.17, 15) is 14.3 Å². The van der Waals surface area contributed by atoms with Crippen LogP contribution >= 0.6 is 0 Å². The van der Waals surface area contributed by atoms with Gasteiger partial charge in [0.1, 0.15) is 11.9 Å². The number of benzene rings is 2. The van der Waals surface area contributed by atoms with Crippen LogP contribution in [0.5, 0.6) is 0 Å². The van der Waals surface area contributed by atoms with Gasteiger partial charge in [0.2, 0.25) is 0 Å². The Morgan fingerprint density at radius 2 is 1.77 bits per heavy atom. The third kappa shape index (κ3) is 6.94. The highest BCUT2D eigenvalue weighted by Gasteiger charge is 2.43. The minimum Gasteiger partial charge on any atom is -0.480 e. The largest absolute Gasteiger partial charge is 0.480 e. The lowest BCUT2D eigenvalue weighted by Gasteiger charge is -2.35. The fourth-order valence-electron chi connectivity index (χ4n) is 8.44. The van der Waals surface area contributed by atoms with Gasteiger partial charge in [-0.15, -0.1) is 0 Å². The van der Waals surface area contributed by atoms with E-state index in [-0.39, 0.29) is 17.8 Å². The molecule has 1 aliphatic carbocycles. The van der Waals surface area contributed by atoms with Gasteiger partial charge in [0, 0.05) is 50.1 Å². The maximum atomic E-state index is 14.3. The molecule has 44 heavy (non-hydrogen) atoms. The van der Waals surface area contributed by atoms with Crippen molar-refractivity contribution >= 4 is 5.97 Å². The molecule has 1 saturated carbocycles. The zero-order chi connectivity index (χ0) is 30.6. The summed E-state index contributed by atoms with van der Waals surface area (Å²) >= 11 is 0. The van der Waals surface area contributed by atoms with Crippen molar-refractivity contribution < 1.29 is 14.3 Å². The number of piperidine rings is 1. The van der Waals surface area contributed by atoms with Gasteiger partial charge in [-0.3, -0.25) is 14.4 Å². The molecular formula is C37H49FN4O2. The van der Waals surface area contributed by atoms with Crippen molar-refractivity contribution in [2.45, 2.75) is 89.6 Å². The molecule has 3 aromatic rings. The number of carboxylic acid groups (broad SMARTS) is 1. The second-order valence-corrected chi connectivity index (χ2v) is 13.6. The molecule has 3 fully saturated rings. The maximum absolute atomic E-state index is 14.3. The van der Waals surface area contributed by atoms with Gasteiger partial charge in [0.05, 0.1) is 5.69 Å². The van der Waals surface area contributed by atoms with Crippen LogP contribution in [0.15, 0.2) is 54.6 Å². The van der Waals surface area contributed by atoms with E-state index in [1.54, 1.807) is 6.07 Å². The molecule has 7 heteroatoms. The molecule has 3 atom stereocenters. The Bertz CT molecular complexity index is 1410. The number of rotatable bonds is 10. The summed E-state index contributed by atoms with van der Waals surface area (Å²) in [6.45, 7) is 9.86. The normalized spacial score (nSPS) is 23.2. The van der Waals surface area contributed by atoms with Crippen molar-refractivity contribution in [3.8, 4) is 0 Å². The number of carboxylic acids is 1. The summed E-state index contributed by atoms with van der Waals surface area (Å²) in [6, 6.07) is 17.7. The topological polar surface area (TPSA) is 61.6 Å². The fourth-order valence-corrected chi connectivity index (χ4v) is 8.44. The fraction of sp³-hybridized carbons (Fsp3) is 0.568. The highest BCUT2D eigenvalue weighted by molar-refractivity contribution is 5.74. The van der Waals surface area contributed by atoms with Crippen LogP contribution in [0.2, 0.25) is 0 Å². The van der Waals surface area contributed by atoms with Crippen molar-refractivity contribution in [1.82, 2.24) is 19.6 Å². The summed E-state index contributed by atoms with van der Waals surface area (Å²) in [5.74, 6) is 0.663. The summed E-state index contributed by atoms with van der Waals surface area (Å²) in [7, 11) is 0. The van der Waals surface area contributed by atoms with E-state index in [2.05, 4.69) is 58.7 Å². The SMILES string of the molecule is CCn1nc(Cc2ccccc2F)cc1C1CCN(CC2CN(C(C(=O)O)C3CCCCC3)CC2c2cccc(C)c2)CC1. The monoisotopic (exact) mass is 600 g/mol. The molecule has 6 nitrogen and oxygen atoms in total. The van der Waals surface area contributed by atoms with Crippen LogP contribution in [-0.4, -0.2) is 69.4 Å². The lowest BCUT2D eigenvalue weighted by Crippen LogP contribution is -2.46. The average molecular weight is 601 g/mol. The van der Waals surface area contributed by atoms with Gasteiger partial charge in [0.25, 0.3) is 0 Å². The molecule has 2 aliphatic heterocycles. The summed E-state index contributed by atoms with van der Waals surface area (Å²) in [5.41, 5.74) is 5.53. The van der Waals surface area contributed by atoms with Gasteiger partial charge in [-0.2, -0.15) is 5.10 Å². The maximum Gasteiger partial charge on any atom is 0.321 e. The van der Waals surface area contributed by atoms with Crippen molar-refractivity contribution in [2.24, 2.45) is 11.8 Å². The number of aliphatic carboxylic acids is 1. The number of nitrogens with zero attached hydrogens (tertiary/aromatic N) is 4. The van der Waals surface area contributed by atoms with E-state index in [4.69, 9.17) is 5.10 Å². The Balaban J connectivity index is 1.13. The molecule has 236 valence electrons. The first-order chi connectivity index (χ1) is 21.4. The van der Waals surface area contributed by atoms with Crippen LogP contribution in [-0.2, 0) is 17.8 Å². The first-order valence-electron chi connectivity index (χ1n) is 17.0. The van der Waals surface area contributed by atoms with Gasteiger partial charge < -0.3 is 10.0 Å². The summed E-state index contributed by atoms with van der Waals surface area (Å²) in [4.78, 5) is 17.6. The minimum absolute atomic E-state index is 0.170. The Morgan fingerprint density at radius 3 is 2.48 bits per heavy atom. The smallest absolute Gasteiger partial charge is 0.321 e. The van der Waals surface area contributed by atoms with E-state index in [0.29, 0.717) is 29.7 Å². The first-order valence-corrected chi connectivity index (χ1v) is 17.0. The highest BCUT2D eigenvalue weighted by atomic mass is 19.1. The van der Waals surface area contributed by atoms with E-state index in [1.807, 2.05) is 12.1 Å². The molecule has 0 amide bonds.